The van der Waals surface area contributed by atoms with E-state index < -0.39 is 89.0 Å². The maximum absolute atomic E-state index is 14.9. The van der Waals surface area contributed by atoms with Crippen LogP contribution in [0.2, 0.25) is 10.6 Å². The summed E-state index contributed by atoms with van der Waals surface area (Å²) in [5.74, 6) is -4.18. The molecule has 26 heteroatoms. The summed E-state index contributed by atoms with van der Waals surface area (Å²) in [7, 11) is 2.81. The number of halogens is 12. The second kappa shape index (κ2) is 36.0. The van der Waals surface area contributed by atoms with E-state index in [9.17, 15) is 71.9 Å². The fourth-order valence-electron chi connectivity index (χ4n) is 11.0. The number of amides is 5. The lowest BCUT2D eigenvalue weighted by atomic mass is 9.77. The maximum atomic E-state index is 14.9. The molecule has 96 heavy (non-hydrogen) atoms. The van der Waals surface area contributed by atoms with Gasteiger partial charge < -0.3 is 40.3 Å². The number of alkyl halides is 8. The standard InChI is InChI=1S/C30H29F6N3O4.C28H24F6N2O3.C4H8O.2C4H9.Al.H/c1-39(42-2)26(40)19-12-24(13-19)37-28(41)38-29(17-18-6-4-3-5-7-18,20-8-10-22(31)11-9-20)21-14-23(32)16-25(15-21)43-30(35,36)27(33)34;29-21-8-6-19(7-9-21)27(15-17-4-2-1-3-5-17,36-26(38)35-23-10-18(11-23)16-37)20-12-22(30)14-24(13-20)39-28(33,34)25(31)32;1-2-4-5-3-1;2*1-4(2)3;;/h3-11,14-16,19,24,27H,12-13,17H2,1-2H3,(H2,37,38,41);1-9,12-14,16,18,23,25H,10-11,15H2,(H2,35,36,38);1-4H2;2*4H,1H2,2-3H3;;/t19?,24?,29-;18?,23?,27-;;;;;/m11...../s1. The average molecular weight is 1370 g/mol. The molecule has 0 unspecified atom stereocenters. The third-order valence-electron chi connectivity index (χ3n) is 16.2. The van der Waals surface area contributed by atoms with Crippen molar-refractivity contribution in [3.63, 3.8) is 0 Å². The zero-order valence-corrected chi connectivity index (χ0v) is 55.4. The molecule has 0 bridgehead atoms. The Hall–Kier alpha value is -7.79. The van der Waals surface area contributed by atoms with E-state index in [1.807, 2.05) is 0 Å². The molecule has 1 saturated heterocycles. The van der Waals surface area contributed by atoms with E-state index in [1.165, 1.54) is 61.8 Å². The van der Waals surface area contributed by atoms with Gasteiger partial charge in [-0.3, -0.25) is 9.63 Å². The highest BCUT2D eigenvalue weighted by molar-refractivity contribution is 6.35. The summed E-state index contributed by atoms with van der Waals surface area (Å²) in [5, 5.41) is 15.2. The van der Waals surface area contributed by atoms with Crippen molar-refractivity contribution in [1.82, 2.24) is 26.3 Å². The van der Waals surface area contributed by atoms with Crippen LogP contribution >= 0.6 is 0 Å². The highest BCUT2D eigenvalue weighted by Gasteiger charge is 2.47. The highest BCUT2D eigenvalue weighted by atomic mass is 27.1. The first-order valence-corrected chi connectivity index (χ1v) is 33.4. The third-order valence-corrected chi connectivity index (χ3v) is 19.3. The minimum atomic E-state index is -4.93. The molecule has 6 aromatic rings. The molecule has 1 aliphatic heterocycles. The van der Waals surface area contributed by atoms with Crippen LogP contribution in [0.4, 0.5) is 62.3 Å². The largest absolute Gasteiger partial charge is 0.461 e. The number of rotatable bonds is 25. The lowest BCUT2D eigenvalue weighted by Crippen LogP contribution is -2.57. The zero-order valence-electron chi connectivity index (χ0n) is 54.0. The monoisotopic (exact) mass is 1370 g/mol. The second-order valence-electron chi connectivity index (χ2n) is 24.6. The highest BCUT2D eigenvalue weighted by Crippen LogP contribution is 2.41. The van der Waals surface area contributed by atoms with Crippen LogP contribution in [0.25, 0.3) is 0 Å². The fraction of sp³-hybridized carbons (Fsp3) is 0.429. The molecule has 0 aromatic heterocycles. The number of hydrogen-bond donors (Lipinski definition) is 4. The lowest BCUT2D eigenvalue weighted by Gasteiger charge is -2.40. The molecule has 0 radical (unpaired) electrons. The summed E-state index contributed by atoms with van der Waals surface area (Å²) in [6, 6.07) is 29.4. The number of aldehydes is 1. The third kappa shape index (κ3) is 22.9. The van der Waals surface area contributed by atoms with Crippen LogP contribution < -0.4 is 30.7 Å². The Labute approximate surface area is 557 Å². The minimum Gasteiger partial charge on any atom is -0.428 e. The van der Waals surface area contributed by atoms with E-state index in [4.69, 9.17) is 9.57 Å². The molecule has 5 amide bonds. The van der Waals surface area contributed by atoms with Gasteiger partial charge in [0, 0.05) is 69.2 Å². The average Bonchev–Trinajstić information content (AvgIpc) is 0.772. The number of benzene rings is 6. The molecule has 520 valence electrons. The molecule has 4 N–H and O–H groups in total. The molecular formula is C70H80AlF12N5O8. The Morgan fingerprint density at radius 3 is 1.28 bits per heavy atom. The van der Waals surface area contributed by atoms with Gasteiger partial charge in [-0.2, -0.15) is 35.1 Å². The van der Waals surface area contributed by atoms with Crippen molar-refractivity contribution in [1.29, 1.82) is 0 Å². The number of carbonyl (C=O) groups excluding carboxylic acids is 4. The molecule has 2 saturated carbocycles. The smallest absolute Gasteiger partial charge is 0.428 e. The Morgan fingerprint density at radius 2 is 0.948 bits per heavy atom. The topological polar surface area (TPSA) is 157 Å². The van der Waals surface area contributed by atoms with Gasteiger partial charge in [0.2, 0.25) is 21.1 Å². The lowest BCUT2D eigenvalue weighted by molar-refractivity contribution is -0.253. The summed E-state index contributed by atoms with van der Waals surface area (Å²) >= 11 is 0.316. The quantitative estimate of drug-likeness (QED) is 0.0191. The molecular weight excluding hydrogens is 1290 g/mol. The van der Waals surface area contributed by atoms with E-state index in [2.05, 4.69) is 58.4 Å². The van der Waals surface area contributed by atoms with Gasteiger partial charge in [0.15, 0.2) is 0 Å². The molecule has 6 aromatic carbocycles. The van der Waals surface area contributed by atoms with Gasteiger partial charge in [0.25, 0.3) is 0 Å². The zero-order chi connectivity index (χ0) is 70.4. The number of ether oxygens (including phenoxy) is 3. The number of carbonyl (C=O) groups is 4. The van der Waals surface area contributed by atoms with Crippen molar-refractivity contribution in [2.45, 2.75) is 138 Å². The molecule has 0 spiro atoms. The van der Waals surface area contributed by atoms with E-state index in [0.717, 1.165) is 84.9 Å². The summed E-state index contributed by atoms with van der Waals surface area (Å²) < 4.78 is 177. The van der Waals surface area contributed by atoms with Crippen molar-refractivity contribution < 1.29 is 90.9 Å². The van der Waals surface area contributed by atoms with E-state index in [-0.39, 0.29) is 58.9 Å². The van der Waals surface area contributed by atoms with Crippen LogP contribution in [-0.4, -0.2) is 109 Å². The molecule has 3 fully saturated rings. The van der Waals surface area contributed by atoms with Crippen LogP contribution in [-0.2, 0) is 43.1 Å². The van der Waals surface area contributed by atoms with Crippen LogP contribution in [0.1, 0.15) is 99.6 Å². The Morgan fingerprint density at radius 1 is 0.562 bits per heavy atom. The van der Waals surface area contributed by atoms with Crippen molar-refractivity contribution in [3.05, 3.63) is 202 Å². The van der Waals surface area contributed by atoms with Gasteiger partial charge in [-0.1, -0.05) is 135 Å². The summed E-state index contributed by atoms with van der Waals surface area (Å²) in [6.45, 7) is 11.3. The first kappa shape index (κ1) is 77.2. The van der Waals surface area contributed by atoms with Gasteiger partial charge in [0.05, 0.1) is 18.2 Å². The molecule has 1 heterocycles. The van der Waals surface area contributed by atoms with Crippen LogP contribution in [0.15, 0.2) is 146 Å². The van der Waals surface area contributed by atoms with Gasteiger partial charge >= 0.3 is 37.1 Å². The SMILES string of the molecule is C1CCOC1.CC(C)[CH2][AlH][CH2]C(C)C.CON(C)C(=O)C1CC(NC(=O)N[C@](Cc2ccccc2)(c2ccc(F)cc2)c2cc(F)cc(OC(F)(F)C(F)F)c2)C1.O=CC1CC(NC(=O)N[C@](Cc2ccccc2)(c2ccc(F)cc2)c2cc(F)cc(OC(F)(F)C(F)F)c2)C1. The predicted molar refractivity (Wildman–Crippen MR) is 339 cm³/mol. The van der Waals surface area contributed by atoms with E-state index in [0.29, 0.717) is 64.2 Å². The molecule has 2 atom stereocenters. The van der Waals surface area contributed by atoms with Gasteiger partial charge in [-0.25, -0.2) is 32.2 Å². The Balaban J connectivity index is 0.000000253. The van der Waals surface area contributed by atoms with Crippen molar-refractivity contribution in [3.8, 4) is 11.5 Å². The number of nitrogens with zero attached hydrogens (tertiary/aromatic N) is 1. The van der Waals surface area contributed by atoms with Crippen molar-refractivity contribution in [2.24, 2.45) is 23.7 Å². The summed E-state index contributed by atoms with van der Waals surface area (Å²) in [6.07, 6.45) is -13.6. The van der Waals surface area contributed by atoms with Gasteiger partial charge in [0.1, 0.15) is 41.1 Å². The van der Waals surface area contributed by atoms with Crippen LogP contribution in [0.5, 0.6) is 11.5 Å². The molecule has 9 rings (SSSR count). The van der Waals surface area contributed by atoms with Crippen molar-refractivity contribution in [2.75, 3.05) is 27.4 Å². The first-order chi connectivity index (χ1) is 45.5. The minimum absolute atomic E-state index is 0.0668. The molecule has 2 aliphatic carbocycles. The molecule has 13 nitrogen and oxygen atoms in total. The Bertz CT molecular complexity index is 3390. The van der Waals surface area contributed by atoms with Gasteiger partial charge in [-0.15, -0.1) is 0 Å². The maximum Gasteiger partial charge on any atom is 0.461 e. The first-order valence-electron chi connectivity index (χ1n) is 31.4. The summed E-state index contributed by atoms with van der Waals surface area (Å²) in [4.78, 5) is 54.8. The number of urea groups is 2. The number of hydroxylamine groups is 2. The fourth-order valence-corrected chi connectivity index (χ4v) is 12.9. The van der Waals surface area contributed by atoms with Crippen LogP contribution in [0, 0.1) is 46.9 Å². The Kier molecular flexibility index (Phi) is 28.9. The van der Waals surface area contributed by atoms with Gasteiger partial charge in [-0.05, 0) is 120 Å². The predicted octanol–water partition coefficient (Wildman–Crippen LogP) is 15.1. The van der Waals surface area contributed by atoms with Crippen molar-refractivity contribution >= 4 is 39.5 Å². The normalized spacial score (nSPS) is 17.8. The molecule has 3 aliphatic rings. The van der Waals surface area contributed by atoms with Crippen LogP contribution in [0.3, 0.4) is 0 Å². The number of hydrogen-bond acceptors (Lipinski definition) is 8. The van der Waals surface area contributed by atoms with E-state index >= 15 is 0 Å². The number of nitrogens with one attached hydrogen (secondary N) is 4. The van der Waals surface area contributed by atoms with E-state index in [1.54, 1.807) is 60.7 Å². The second-order valence-corrected chi connectivity index (χ2v) is 26.5. The summed E-state index contributed by atoms with van der Waals surface area (Å²) in [5.41, 5.74) is -1.99.